The highest BCUT2D eigenvalue weighted by Gasteiger charge is 2.52. The highest BCUT2D eigenvalue weighted by Crippen LogP contribution is 2.43. The average molecular weight is 314 g/mol. The fourth-order valence-electron chi connectivity index (χ4n) is 3.69. The van der Waals surface area contributed by atoms with Gasteiger partial charge in [0, 0.05) is 30.7 Å². The second-order valence-electron chi connectivity index (χ2n) is 5.89. The smallest absolute Gasteiger partial charge is 0.274 e. The van der Waals surface area contributed by atoms with Gasteiger partial charge < -0.3 is 4.90 Å². The summed E-state index contributed by atoms with van der Waals surface area (Å²) in [7, 11) is 2.07. The molecule has 5 heteroatoms. The van der Waals surface area contributed by atoms with E-state index in [-0.39, 0.29) is 5.91 Å². The van der Waals surface area contributed by atoms with Crippen LogP contribution in [0.1, 0.15) is 21.6 Å². The number of amides is 1. The third-order valence-corrected chi connectivity index (χ3v) is 5.07. The zero-order valence-electron chi connectivity index (χ0n) is 12.3. The highest BCUT2D eigenvalue weighted by atomic mass is 35.5. The molecule has 0 radical (unpaired) electrons. The van der Waals surface area contributed by atoms with Crippen LogP contribution in [0.5, 0.6) is 0 Å². The van der Waals surface area contributed by atoms with Crippen LogP contribution in [0.2, 0.25) is 5.02 Å². The molecule has 112 valence electrons. The van der Waals surface area contributed by atoms with Crippen molar-refractivity contribution in [3.63, 3.8) is 0 Å². The summed E-state index contributed by atoms with van der Waals surface area (Å²) >= 11 is 6.03. The average Bonchev–Trinajstić information content (AvgIpc) is 2.87. The van der Waals surface area contributed by atoms with Crippen LogP contribution in [-0.2, 0) is 12.1 Å². The number of hydrogen-bond acceptors (Lipinski definition) is 3. The molecule has 0 aliphatic carbocycles. The largest absolute Gasteiger partial charge is 0.313 e. The lowest BCUT2D eigenvalue weighted by Gasteiger charge is -2.46. The van der Waals surface area contributed by atoms with Crippen molar-refractivity contribution >= 4 is 17.5 Å². The number of carbonyl (C=O) groups excluding carboxylic acids is 1. The lowest BCUT2D eigenvalue weighted by atomic mass is 9.86. The number of aromatic nitrogens is 1. The van der Waals surface area contributed by atoms with Crippen molar-refractivity contribution in [3.8, 4) is 0 Å². The van der Waals surface area contributed by atoms with E-state index in [9.17, 15) is 4.79 Å². The molecule has 1 aromatic heterocycles. The van der Waals surface area contributed by atoms with Gasteiger partial charge in [-0.25, -0.2) is 0 Å². The summed E-state index contributed by atoms with van der Waals surface area (Å²) in [5, 5.41) is 0.705. The van der Waals surface area contributed by atoms with Crippen LogP contribution >= 0.6 is 11.6 Å². The molecule has 2 aliphatic heterocycles. The Hall–Kier alpha value is -1.91. The zero-order chi connectivity index (χ0) is 15.3. The standard InChI is InChI=1S/C17H16ClN3O/c1-20-9-10-21-16(22)15-12(3-2-8-19-15)11-17(20,21)13-4-6-14(18)7-5-13/h2-8H,9-11H2,1H3. The minimum absolute atomic E-state index is 0.0150. The first-order valence-corrected chi connectivity index (χ1v) is 7.74. The maximum atomic E-state index is 12.9. The lowest BCUT2D eigenvalue weighted by Crippen LogP contribution is -2.56. The Morgan fingerprint density at radius 1 is 1.18 bits per heavy atom. The molecule has 1 aromatic carbocycles. The minimum atomic E-state index is -0.433. The van der Waals surface area contributed by atoms with Crippen LogP contribution in [0.3, 0.4) is 0 Å². The van der Waals surface area contributed by atoms with Gasteiger partial charge in [0.25, 0.3) is 5.91 Å². The quantitative estimate of drug-likeness (QED) is 0.812. The maximum absolute atomic E-state index is 12.9. The van der Waals surface area contributed by atoms with Gasteiger partial charge in [0.2, 0.25) is 0 Å². The van der Waals surface area contributed by atoms with E-state index in [1.807, 2.05) is 41.3 Å². The molecule has 1 unspecified atom stereocenters. The molecule has 2 aliphatic rings. The molecule has 0 spiro atoms. The third-order valence-electron chi connectivity index (χ3n) is 4.82. The van der Waals surface area contributed by atoms with E-state index in [0.717, 1.165) is 24.1 Å². The predicted octanol–water partition coefficient (Wildman–Crippen LogP) is 2.53. The Morgan fingerprint density at radius 2 is 1.95 bits per heavy atom. The van der Waals surface area contributed by atoms with E-state index in [0.29, 0.717) is 17.3 Å². The molecule has 3 heterocycles. The van der Waals surface area contributed by atoms with Crippen LogP contribution in [0.25, 0.3) is 0 Å². The molecule has 2 aromatic rings. The van der Waals surface area contributed by atoms with Crippen molar-refractivity contribution in [2.75, 3.05) is 20.1 Å². The van der Waals surface area contributed by atoms with Gasteiger partial charge in [-0.2, -0.15) is 0 Å². The first-order valence-electron chi connectivity index (χ1n) is 7.36. The van der Waals surface area contributed by atoms with E-state index in [1.54, 1.807) is 6.20 Å². The number of likely N-dealkylation sites (N-methyl/N-ethyl adjacent to an activating group) is 1. The Morgan fingerprint density at radius 3 is 2.73 bits per heavy atom. The van der Waals surface area contributed by atoms with Crippen molar-refractivity contribution < 1.29 is 4.79 Å². The van der Waals surface area contributed by atoms with Gasteiger partial charge >= 0.3 is 0 Å². The van der Waals surface area contributed by atoms with Crippen LogP contribution < -0.4 is 0 Å². The van der Waals surface area contributed by atoms with Gasteiger partial charge in [0.1, 0.15) is 11.4 Å². The van der Waals surface area contributed by atoms with Gasteiger partial charge in [0.05, 0.1) is 0 Å². The molecule has 0 N–H and O–H groups in total. The number of nitrogens with zero attached hydrogens (tertiary/aromatic N) is 3. The van der Waals surface area contributed by atoms with Crippen LogP contribution in [0, 0.1) is 0 Å². The molecular formula is C17H16ClN3O. The van der Waals surface area contributed by atoms with Gasteiger partial charge in [0.15, 0.2) is 0 Å². The Labute approximate surface area is 134 Å². The number of halogens is 1. The molecule has 0 saturated carbocycles. The summed E-state index contributed by atoms with van der Waals surface area (Å²) in [6.45, 7) is 1.57. The summed E-state index contributed by atoms with van der Waals surface area (Å²) in [4.78, 5) is 21.4. The summed E-state index contributed by atoms with van der Waals surface area (Å²) in [5.74, 6) is 0.0150. The summed E-state index contributed by atoms with van der Waals surface area (Å²) < 4.78 is 0. The maximum Gasteiger partial charge on any atom is 0.274 e. The SMILES string of the molecule is CN1CCN2C(=O)c3ncccc3CC12c1ccc(Cl)cc1. The second kappa shape index (κ2) is 4.80. The number of rotatable bonds is 1. The summed E-state index contributed by atoms with van der Waals surface area (Å²) in [6, 6.07) is 11.7. The van der Waals surface area contributed by atoms with E-state index in [2.05, 4.69) is 16.9 Å². The normalized spacial score (nSPS) is 24.3. The topological polar surface area (TPSA) is 36.4 Å². The molecule has 0 bridgehead atoms. The lowest BCUT2D eigenvalue weighted by molar-refractivity contribution is 0.0148. The van der Waals surface area contributed by atoms with E-state index < -0.39 is 5.66 Å². The molecule has 4 rings (SSSR count). The van der Waals surface area contributed by atoms with Crippen molar-refractivity contribution in [3.05, 3.63) is 64.4 Å². The minimum Gasteiger partial charge on any atom is -0.313 e. The Bertz CT molecular complexity index is 746. The first kappa shape index (κ1) is 13.7. The number of pyridine rings is 1. The molecule has 1 fully saturated rings. The fraction of sp³-hybridized carbons (Fsp3) is 0.294. The number of carbonyl (C=O) groups is 1. The highest BCUT2D eigenvalue weighted by molar-refractivity contribution is 6.30. The van der Waals surface area contributed by atoms with E-state index >= 15 is 0 Å². The molecule has 1 atom stereocenters. The summed E-state index contributed by atoms with van der Waals surface area (Å²) in [5.41, 5.74) is 2.26. The van der Waals surface area contributed by atoms with Crippen molar-refractivity contribution in [2.24, 2.45) is 0 Å². The molecule has 4 nitrogen and oxygen atoms in total. The van der Waals surface area contributed by atoms with Crippen LogP contribution in [-0.4, -0.2) is 40.8 Å². The van der Waals surface area contributed by atoms with Gasteiger partial charge in [-0.3, -0.25) is 14.7 Å². The second-order valence-corrected chi connectivity index (χ2v) is 6.33. The van der Waals surface area contributed by atoms with Crippen molar-refractivity contribution in [2.45, 2.75) is 12.1 Å². The molecule has 1 saturated heterocycles. The zero-order valence-corrected chi connectivity index (χ0v) is 13.0. The van der Waals surface area contributed by atoms with Crippen LogP contribution in [0.15, 0.2) is 42.6 Å². The van der Waals surface area contributed by atoms with Crippen molar-refractivity contribution in [1.82, 2.24) is 14.8 Å². The first-order chi connectivity index (χ1) is 10.6. The van der Waals surface area contributed by atoms with E-state index in [1.165, 1.54) is 0 Å². The number of fused-ring (bicyclic) bond motifs is 2. The Kier molecular flexibility index (Phi) is 2.99. The molecular weight excluding hydrogens is 298 g/mol. The molecule has 22 heavy (non-hydrogen) atoms. The van der Waals surface area contributed by atoms with E-state index in [4.69, 9.17) is 11.6 Å². The third kappa shape index (κ3) is 1.74. The number of hydrogen-bond donors (Lipinski definition) is 0. The monoisotopic (exact) mass is 313 g/mol. The van der Waals surface area contributed by atoms with Gasteiger partial charge in [-0.15, -0.1) is 0 Å². The van der Waals surface area contributed by atoms with Crippen LogP contribution in [0.4, 0.5) is 0 Å². The van der Waals surface area contributed by atoms with Gasteiger partial charge in [-0.1, -0.05) is 29.8 Å². The Balaban J connectivity index is 1.92. The van der Waals surface area contributed by atoms with Crippen molar-refractivity contribution in [1.29, 1.82) is 0 Å². The fourth-order valence-corrected chi connectivity index (χ4v) is 3.81. The number of benzene rings is 1. The molecule has 1 amide bonds. The van der Waals surface area contributed by atoms with Gasteiger partial charge in [-0.05, 0) is 36.4 Å². The predicted molar refractivity (Wildman–Crippen MR) is 84.7 cm³/mol. The summed E-state index contributed by atoms with van der Waals surface area (Å²) in [6.07, 6.45) is 2.44.